The van der Waals surface area contributed by atoms with E-state index in [1.54, 1.807) is 30.3 Å². The van der Waals surface area contributed by atoms with Gasteiger partial charge in [0.1, 0.15) is 0 Å². The van der Waals surface area contributed by atoms with Crippen LogP contribution in [0.3, 0.4) is 0 Å². The van der Waals surface area contributed by atoms with Crippen molar-refractivity contribution in [2.75, 3.05) is 13.1 Å². The third kappa shape index (κ3) is 4.24. The van der Waals surface area contributed by atoms with E-state index < -0.39 is 15.9 Å². The van der Waals surface area contributed by atoms with Gasteiger partial charge in [0.05, 0.1) is 21.0 Å². The minimum Gasteiger partial charge on any atom is -0.317 e. The summed E-state index contributed by atoms with van der Waals surface area (Å²) in [6, 6.07) is 12.7. The highest BCUT2D eigenvalue weighted by Gasteiger charge is 2.33. The third-order valence-corrected chi connectivity index (χ3v) is 8.86. The van der Waals surface area contributed by atoms with Crippen LogP contribution in [0, 0.1) is 19.8 Å². The minimum absolute atomic E-state index is 0.175. The van der Waals surface area contributed by atoms with E-state index in [1.165, 1.54) is 26.8 Å². The molecule has 8 heteroatoms. The molecule has 0 aliphatic carbocycles. The lowest BCUT2D eigenvalue weighted by Crippen LogP contribution is -2.42. The lowest BCUT2D eigenvalue weighted by Gasteiger charge is -2.30. The Kier molecular flexibility index (Phi) is 6.14. The van der Waals surface area contributed by atoms with Crippen molar-refractivity contribution in [3.05, 3.63) is 58.4 Å². The normalized spacial score (nSPS) is 18.5. The zero-order valence-electron chi connectivity index (χ0n) is 18.0. The Morgan fingerprint density at radius 2 is 1.94 bits per heavy atom. The maximum absolute atomic E-state index is 13.1. The summed E-state index contributed by atoms with van der Waals surface area (Å²) in [5, 5.41) is 0. The van der Waals surface area contributed by atoms with Crippen LogP contribution in [0.25, 0.3) is 10.2 Å². The number of hydrogen-bond acceptors (Lipinski definition) is 4. The Balaban J connectivity index is 1.65. The second-order valence-electron chi connectivity index (χ2n) is 8.02. The molecule has 1 amide bonds. The van der Waals surface area contributed by atoms with Crippen LogP contribution in [0.5, 0.6) is 0 Å². The number of piperidine rings is 1. The van der Waals surface area contributed by atoms with Gasteiger partial charge < -0.3 is 4.57 Å². The fraction of sp³-hybridized carbons (Fsp3) is 0.391. The molecular weight excluding hydrogens is 430 g/mol. The van der Waals surface area contributed by atoms with Gasteiger partial charge in [-0.2, -0.15) is 9.30 Å². The van der Waals surface area contributed by atoms with Crippen LogP contribution in [0.4, 0.5) is 0 Å². The highest BCUT2D eigenvalue weighted by atomic mass is 32.2. The molecule has 31 heavy (non-hydrogen) atoms. The number of sulfonamides is 1. The van der Waals surface area contributed by atoms with Crippen LogP contribution in [0.1, 0.15) is 30.9 Å². The smallest absolute Gasteiger partial charge is 0.252 e. The molecule has 4 rings (SSSR count). The van der Waals surface area contributed by atoms with E-state index in [0.717, 1.165) is 10.2 Å². The molecule has 0 radical (unpaired) electrons. The van der Waals surface area contributed by atoms with Gasteiger partial charge in [0.2, 0.25) is 10.0 Å². The number of carbonyl (C=O) groups excluding carboxylic acids is 1. The van der Waals surface area contributed by atoms with Gasteiger partial charge in [-0.15, -0.1) is 0 Å². The number of nitrogens with zero attached hydrogens (tertiary/aromatic N) is 3. The standard InChI is InChI=1S/C23H27N3O3S2/c1-4-26-20-14-16(2)13-17(3)21(20)30-23(26)24-22(27)18-9-8-12-25(15-18)31(28,29)19-10-6-5-7-11-19/h5-7,10-11,13-14,18H,4,8-9,12,15H2,1-3H3. The Bertz CT molecular complexity index is 1290. The molecule has 0 spiro atoms. The molecule has 2 aromatic carbocycles. The van der Waals surface area contributed by atoms with Crippen molar-refractivity contribution in [2.24, 2.45) is 10.9 Å². The Labute approximate surface area is 186 Å². The predicted molar refractivity (Wildman–Crippen MR) is 123 cm³/mol. The van der Waals surface area contributed by atoms with Crippen molar-refractivity contribution in [2.45, 2.75) is 45.1 Å². The van der Waals surface area contributed by atoms with Gasteiger partial charge in [-0.1, -0.05) is 35.6 Å². The highest BCUT2D eigenvalue weighted by Crippen LogP contribution is 2.26. The van der Waals surface area contributed by atoms with Crippen molar-refractivity contribution >= 4 is 37.5 Å². The first-order valence-corrected chi connectivity index (χ1v) is 12.8. The SMILES string of the molecule is CCn1c(=NC(=O)C2CCCN(S(=O)(=O)c3ccccc3)C2)sc2c(C)cc(C)cc21. The number of fused-ring (bicyclic) bond motifs is 1. The van der Waals surface area contributed by atoms with Gasteiger partial charge in [0.15, 0.2) is 4.80 Å². The number of benzene rings is 2. The molecule has 1 unspecified atom stereocenters. The van der Waals surface area contributed by atoms with Gasteiger partial charge in [0, 0.05) is 19.6 Å². The molecule has 3 aromatic rings. The number of aryl methyl sites for hydroxylation is 3. The number of amides is 1. The van der Waals surface area contributed by atoms with Crippen LogP contribution in [-0.2, 0) is 21.4 Å². The molecular formula is C23H27N3O3S2. The Morgan fingerprint density at radius 3 is 2.65 bits per heavy atom. The first-order valence-electron chi connectivity index (χ1n) is 10.6. The second-order valence-corrected chi connectivity index (χ2v) is 10.9. The number of hydrogen-bond donors (Lipinski definition) is 0. The lowest BCUT2D eigenvalue weighted by atomic mass is 9.99. The van der Waals surface area contributed by atoms with Gasteiger partial charge in [-0.25, -0.2) is 8.42 Å². The third-order valence-electron chi connectivity index (χ3n) is 5.75. The van der Waals surface area contributed by atoms with E-state index in [1.807, 2.05) is 6.92 Å². The molecule has 164 valence electrons. The quantitative estimate of drug-likeness (QED) is 0.597. The van der Waals surface area contributed by atoms with E-state index in [9.17, 15) is 13.2 Å². The molecule has 0 bridgehead atoms. The maximum atomic E-state index is 13.1. The topological polar surface area (TPSA) is 71.7 Å². The van der Waals surface area contributed by atoms with Crippen LogP contribution in [-0.4, -0.2) is 36.3 Å². The van der Waals surface area contributed by atoms with Gasteiger partial charge in [-0.3, -0.25) is 4.79 Å². The van der Waals surface area contributed by atoms with E-state index in [2.05, 4.69) is 35.5 Å². The summed E-state index contributed by atoms with van der Waals surface area (Å²) in [6.07, 6.45) is 1.30. The molecule has 0 saturated carbocycles. The van der Waals surface area contributed by atoms with Gasteiger partial charge in [-0.05, 0) is 62.9 Å². The van der Waals surface area contributed by atoms with Gasteiger partial charge >= 0.3 is 0 Å². The van der Waals surface area contributed by atoms with Crippen molar-refractivity contribution in [3.63, 3.8) is 0 Å². The highest BCUT2D eigenvalue weighted by molar-refractivity contribution is 7.89. The summed E-state index contributed by atoms with van der Waals surface area (Å²) < 4.78 is 30.6. The monoisotopic (exact) mass is 457 g/mol. The van der Waals surface area contributed by atoms with Crippen molar-refractivity contribution in [1.29, 1.82) is 0 Å². The predicted octanol–water partition coefficient (Wildman–Crippen LogP) is 3.87. The van der Waals surface area contributed by atoms with Crippen LogP contribution in [0.2, 0.25) is 0 Å². The van der Waals surface area contributed by atoms with Crippen molar-refractivity contribution in [1.82, 2.24) is 8.87 Å². The number of thiazole rings is 1. The lowest BCUT2D eigenvalue weighted by molar-refractivity contribution is -0.122. The van der Waals surface area contributed by atoms with Crippen molar-refractivity contribution < 1.29 is 13.2 Å². The first-order chi connectivity index (χ1) is 14.8. The minimum atomic E-state index is -3.61. The summed E-state index contributed by atoms with van der Waals surface area (Å²) >= 11 is 1.52. The maximum Gasteiger partial charge on any atom is 0.252 e. The summed E-state index contributed by atoms with van der Waals surface area (Å²) in [5.41, 5.74) is 3.44. The largest absolute Gasteiger partial charge is 0.317 e. The second kappa shape index (κ2) is 8.68. The van der Waals surface area contributed by atoms with Crippen LogP contribution < -0.4 is 4.80 Å². The van der Waals surface area contributed by atoms with E-state index >= 15 is 0 Å². The average Bonchev–Trinajstić information content (AvgIpc) is 3.11. The number of aromatic nitrogens is 1. The summed E-state index contributed by atoms with van der Waals surface area (Å²) in [5.74, 6) is -0.665. The molecule has 0 N–H and O–H groups in total. The number of rotatable bonds is 4. The van der Waals surface area contributed by atoms with Crippen LogP contribution in [0.15, 0.2) is 52.4 Å². The zero-order valence-corrected chi connectivity index (χ0v) is 19.7. The first kappa shape index (κ1) is 21.9. The zero-order chi connectivity index (χ0) is 22.2. The van der Waals surface area contributed by atoms with E-state index in [-0.39, 0.29) is 17.3 Å². The van der Waals surface area contributed by atoms with Gasteiger partial charge in [0.25, 0.3) is 5.91 Å². The molecule has 6 nitrogen and oxygen atoms in total. The molecule has 1 aromatic heterocycles. The fourth-order valence-electron chi connectivity index (χ4n) is 4.19. The molecule has 1 fully saturated rings. The average molecular weight is 458 g/mol. The summed E-state index contributed by atoms with van der Waals surface area (Å²) in [7, 11) is -3.61. The summed E-state index contributed by atoms with van der Waals surface area (Å²) in [6.45, 7) is 7.50. The fourth-order valence-corrected chi connectivity index (χ4v) is 6.89. The molecule has 1 aliphatic rings. The molecule has 1 aliphatic heterocycles. The van der Waals surface area contributed by atoms with E-state index in [4.69, 9.17) is 0 Å². The molecule has 1 atom stereocenters. The summed E-state index contributed by atoms with van der Waals surface area (Å²) in [4.78, 5) is 18.5. The number of carbonyl (C=O) groups is 1. The Hall–Kier alpha value is -2.29. The van der Waals surface area contributed by atoms with Crippen molar-refractivity contribution in [3.8, 4) is 0 Å². The molecule has 1 saturated heterocycles. The Morgan fingerprint density at radius 1 is 1.19 bits per heavy atom. The molecule has 2 heterocycles. The van der Waals surface area contributed by atoms with E-state index in [0.29, 0.717) is 30.7 Å². The van der Waals surface area contributed by atoms with Crippen LogP contribution >= 0.6 is 11.3 Å².